The van der Waals surface area contributed by atoms with Crippen LogP contribution in [0.15, 0.2) is 35.7 Å². The van der Waals surface area contributed by atoms with Gasteiger partial charge in [0.15, 0.2) is 0 Å². The summed E-state index contributed by atoms with van der Waals surface area (Å²) in [5.41, 5.74) is 0. The molecule has 58 valence electrons. The molecule has 1 aromatic heterocycles. The van der Waals surface area contributed by atoms with Crippen molar-refractivity contribution in [1.29, 1.82) is 0 Å². The smallest absolute Gasteiger partial charge is 0.202 e. The van der Waals surface area contributed by atoms with Crippen LogP contribution < -0.4 is 4.68 Å². The van der Waals surface area contributed by atoms with Gasteiger partial charge < -0.3 is 12.6 Å². The summed E-state index contributed by atoms with van der Waals surface area (Å²) in [5, 5.41) is 4.85. The highest BCUT2D eigenvalue weighted by molar-refractivity contribution is 7.77. The topological polar surface area (TPSA) is 16.2 Å². The maximum absolute atomic E-state index is 4.95. The van der Waals surface area contributed by atoms with E-state index in [4.69, 9.17) is 12.6 Å². The number of pyridine rings is 1. The fourth-order valence-corrected chi connectivity index (χ4v) is 0.750. The van der Waals surface area contributed by atoms with E-state index in [-0.39, 0.29) is 0 Å². The first-order chi connectivity index (χ1) is 5.33. The van der Waals surface area contributed by atoms with Gasteiger partial charge in [0, 0.05) is 12.1 Å². The van der Waals surface area contributed by atoms with E-state index in [0.29, 0.717) is 0 Å². The maximum atomic E-state index is 4.95. The van der Waals surface area contributed by atoms with Gasteiger partial charge in [-0.2, -0.15) is 0 Å². The second-order valence-electron chi connectivity index (χ2n) is 2.10. The summed E-state index contributed by atoms with van der Waals surface area (Å²) in [6.45, 7) is 2.00. The van der Waals surface area contributed by atoms with Crippen LogP contribution in [0.2, 0.25) is 0 Å². The van der Waals surface area contributed by atoms with Crippen molar-refractivity contribution in [3.63, 3.8) is 0 Å². The molecule has 0 unspecified atom stereocenters. The summed E-state index contributed by atoms with van der Waals surface area (Å²) in [5.74, 6) is 0. The number of hydrogen-bond acceptors (Lipinski definition) is 2. The van der Waals surface area contributed by atoms with E-state index in [1.807, 2.05) is 37.5 Å². The van der Waals surface area contributed by atoms with Gasteiger partial charge in [0.2, 0.25) is 12.4 Å². The molecule has 0 aliphatic rings. The predicted octanol–water partition coefficient (Wildman–Crippen LogP) is 1.09. The molecule has 0 atom stereocenters. The highest BCUT2D eigenvalue weighted by Gasteiger charge is 1.89. The molecule has 0 amide bonds. The van der Waals surface area contributed by atoms with Crippen molar-refractivity contribution in [2.24, 2.45) is 5.10 Å². The van der Waals surface area contributed by atoms with Crippen molar-refractivity contribution in [2.45, 2.75) is 13.3 Å². The molecular weight excluding hydrogens is 156 g/mol. The molecule has 1 heterocycles. The van der Waals surface area contributed by atoms with Crippen LogP contribution in [-0.2, 0) is 12.6 Å². The number of aromatic nitrogens is 1. The molecule has 11 heavy (non-hydrogen) atoms. The van der Waals surface area contributed by atoms with Gasteiger partial charge in [-0.3, -0.25) is 0 Å². The fourth-order valence-electron chi connectivity index (χ4n) is 0.656. The Morgan fingerprint density at radius 1 is 1.36 bits per heavy atom. The molecule has 1 rings (SSSR count). The van der Waals surface area contributed by atoms with Crippen LogP contribution in [-0.4, -0.2) is 5.04 Å². The third-order valence-corrected chi connectivity index (χ3v) is 1.60. The summed E-state index contributed by atoms with van der Waals surface area (Å²) in [7, 11) is 0. The highest BCUT2D eigenvalue weighted by Crippen LogP contribution is 1.81. The van der Waals surface area contributed by atoms with Crippen molar-refractivity contribution in [2.75, 3.05) is 0 Å². The zero-order chi connectivity index (χ0) is 8.10. The van der Waals surface area contributed by atoms with Crippen LogP contribution in [0.3, 0.4) is 0 Å². The first kappa shape index (κ1) is 8.14. The normalized spacial score (nSPS) is 11.5. The van der Waals surface area contributed by atoms with Gasteiger partial charge >= 0.3 is 0 Å². The molecule has 0 bridgehead atoms. The molecule has 0 aromatic carbocycles. The van der Waals surface area contributed by atoms with Gasteiger partial charge in [-0.05, 0) is 16.6 Å². The Hall–Kier alpha value is -0.960. The van der Waals surface area contributed by atoms with Crippen LogP contribution in [0.4, 0.5) is 0 Å². The molecule has 0 saturated heterocycles. The van der Waals surface area contributed by atoms with E-state index in [2.05, 4.69) is 5.10 Å². The first-order valence-electron chi connectivity index (χ1n) is 3.54. The molecule has 0 N–H and O–H groups in total. The standard InChI is InChI=1S/C8H10N2S/c1-2-8(11)9-10-6-4-3-5-7-10/h3-7H,2H2,1H3. The highest BCUT2D eigenvalue weighted by atomic mass is 32.1. The Morgan fingerprint density at radius 3 is 2.55 bits per heavy atom. The lowest BCUT2D eigenvalue weighted by Gasteiger charge is -1.99. The zero-order valence-corrected chi connectivity index (χ0v) is 7.21. The summed E-state index contributed by atoms with van der Waals surface area (Å²) in [6, 6.07) is 5.78. The minimum Gasteiger partial charge on any atom is -0.759 e. The average molecular weight is 166 g/mol. The lowest BCUT2D eigenvalue weighted by molar-refractivity contribution is -0.678. The quantitative estimate of drug-likeness (QED) is 0.278. The Balaban J connectivity index is 2.79. The molecule has 0 saturated carbocycles. The van der Waals surface area contributed by atoms with E-state index < -0.39 is 0 Å². The molecule has 0 radical (unpaired) electrons. The van der Waals surface area contributed by atoms with Gasteiger partial charge in [-0.25, -0.2) is 0 Å². The minimum atomic E-state index is 0.723. The lowest BCUT2D eigenvalue weighted by atomic mass is 10.5. The number of hydrogen-bond donors (Lipinski definition) is 0. The van der Waals surface area contributed by atoms with Crippen molar-refractivity contribution >= 4 is 17.7 Å². The van der Waals surface area contributed by atoms with E-state index in [0.717, 1.165) is 11.5 Å². The largest absolute Gasteiger partial charge is 0.759 e. The fraction of sp³-hybridized carbons (Fsp3) is 0.250. The van der Waals surface area contributed by atoms with Gasteiger partial charge in [0.1, 0.15) is 0 Å². The molecule has 0 aliphatic carbocycles. The van der Waals surface area contributed by atoms with Crippen LogP contribution in [0.1, 0.15) is 13.3 Å². The molecule has 1 aromatic rings. The summed E-state index contributed by atoms with van der Waals surface area (Å²) in [6.07, 6.45) is 4.54. The summed E-state index contributed by atoms with van der Waals surface area (Å²) in [4.78, 5) is 0. The molecule has 0 aliphatic heterocycles. The first-order valence-corrected chi connectivity index (χ1v) is 3.95. The number of nitrogens with zero attached hydrogens (tertiary/aromatic N) is 2. The maximum Gasteiger partial charge on any atom is 0.202 e. The molecular formula is C8H10N2S. The van der Waals surface area contributed by atoms with E-state index in [1.54, 1.807) is 4.68 Å². The van der Waals surface area contributed by atoms with Gasteiger partial charge in [-0.1, -0.05) is 17.7 Å². The van der Waals surface area contributed by atoms with Crippen molar-refractivity contribution in [3.05, 3.63) is 30.6 Å². The Morgan fingerprint density at radius 2 is 2.00 bits per heavy atom. The SMILES string of the molecule is CC/C([S-])=N/[n+]1ccccc1. The minimum absolute atomic E-state index is 0.723. The Kier molecular flexibility index (Phi) is 2.98. The Labute approximate surface area is 72.0 Å². The monoisotopic (exact) mass is 166 g/mol. The van der Waals surface area contributed by atoms with E-state index in [9.17, 15) is 0 Å². The molecule has 3 heteroatoms. The van der Waals surface area contributed by atoms with Crippen LogP contribution in [0.25, 0.3) is 0 Å². The van der Waals surface area contributed by atoms with Crippen molar-refractivity contribution in [1.82, 2.24) is 0 Å². The average Bonchev–Trinajstić information content (AvgIpc) is 2.06. The van der Waals surface area contributed by atoms with Crippen molar-refractivity contribution < 1.29 is 4.68 Å². The number of rotatable bonds is 2. The molecule has 0 spiro atoms. The van der Waals surface area contributed by atoms with Crippen LogP contribution in [0.5, 0.6) is 0 Å². The third kappa shape index (κ3) is 2.63. The second-order valence-corrected chi connectivity index (χ2v) is 2.57. The summed E-state index contributed by atoms with van der Waals surface area (Å²) >= 11 is 4.95. The lowest BCUT2D eigenvalue weighted by Crippen LogP contribution is -2.27. The third-order valence-electron chi connectivity index (χ3n) is 1.23. The van der Waals surface area contributed by atoms with Crippen LogP contribution in [0, 0.1) is 0 Å². The molecule has 0 fully saturated rings. The summed E-state index contributed by atoms with van der Waals surface area (Å²) < 4.78 is 1.71. The van der Waals surface area contributed by atoms with Gasteiger partial charge in [0.05, 0.1) is 0 Å². The van der Waals surface area contributed by atoms with Gasteiger partial charge in [-0.15, -0.1) is 0 Å². The predicted molar refractivity (Wildman–Crippen MR) is 47.1 cm³/mol. The van der Waals surface area contributed by atoms with E-state index >= 15 is 0 Å². The Bertz CT molecular complexity index is 244. The van der Waals surface area contributed by atoms with E-state index in [1.165, 1.54) is 0 Å². The van der Waals surface area contributed by atoms with Crippen LogP contribution >= 0.6 is 0 Å². The molecule has 2 nitrogen and oxygen atoms in total. The van der Waals surface area contributed by atoms with Crippen molar-refractivity contribution in [3.8, 4) is 0 Å². The van der Waals surface area contributed by atoms with Gasteiger partial charge in [0.25, 0.3) is 0 Å². The second kappa shape index (κ2) is 4.03. The zero-order valence-electron chi connectivity index (χ0n) is 6.40.